The lowest BCUT2D eigenvalue weighted by molar-refractivity contribution is 0.0691. The smallest absolute Gasteiger partial charge is 0.354 e. The van der Waals surface area contributed by atoms with Gasteiger partial charge >= 0.3 is 5.97 Å². The molecule has 0 amide bonds. The molecule has 1 aromatic carbocycles. The van der Waals surface area contributed by atoms with E-state index in [0.717, 1.165) is 0 Å². The van der Waals surface area contributed by atoms with E-state index < -0.39 is 11.5 Å². The summed E-state index contributed by atoms with van der Waals surface area (Å²) in [6.45, 7) is 0. The van der Waals surface area contributed by atoms with Crippen molar-refractivity contribution in [2.75, 3.05) is 7.11 Å². The third-order valence-corrected chi connectivity index (χ3v) is 2.37. The third-order valence-electron chi connectivity index (χ3n) is 2.37. The highest BCUT2D eigenvalue weighted by molar-refractivity contribution is 5.94. The van der Waals surface area contributed by atoms with E-state index in [2.05, 4.69) is 10.2 Å². The molecule has 1 aromatic heterocycles. The fourth-order valence-electron chi connectivity index (χ4n) is 1.63. The van der Waals surface area contributed by atoms with Gasteiger partial charge in [0.05, 0.1) is 12.7 Å². The van der Waals surface area contributed by atoms with Gasteiger partial charge in [-0.2, -0.15) is 0 Å². The molecule has 2 aromatic rings. The summed E-state index contributed by atoms with van der Waals surface area (Å²) in [4.78, 5) is 22.6. The van der Waals surface area contributed by atoms with Crippen LogP contribution in [0.3, 0.4) is 0 Å². The van der Waals surface area contributed by atoms with Gasteiger partial charge in [-0.15, -0.1) is 0 Å². The first-order valence-corrected chi connectivity index (χ1v) is 4.82. The van der Waals surface area contributed by atoms with Crippen molar-refractivity contribution in [1.82, 2.24) is 10.2 Å². The van der Waals surface area contributed by atoms with Crippen molar-refractivity contribution in [2.24, 2.45) is 0 Å². The van der Waals surface area contributed by atoms with Gasteiger partial charge in [0.2, 0.25) is 0 Å². The van der Waals surface area contributed by atoms with Crippen LogP contribution < -0.4 is 10.3 Å². The Balaban J connectivity index is 2.72. The van der Waals surface area contributed by atoms with Crippen LogP contribution in [0.1, 0.15) is 10.5 Å². The molecule has 0 atom stereocenters. The van der Waals surface area contributed by atoms with Gasteiger partial charge in [0.25, 0.3) is 5.56 Å². The molecular formula is C11H10N2O4. The van der Waals surface area contributed by atoms with Crippen molar-refractivity contribution >= 4 is 5.97 Å². The number of benzene rings is 1. The topological polar surface area (TPSA) is 95.2 Å². The van der Waals surface area contributed by atoms with Gasteiger partial charge in [0, 0.05) is 5.56 Å². The Labute approximate surface area is 95.8 Å². The molecule has 17 heavy (non-hydrogen) atoms. The summed E-state index contributed by atoms with van der Waals surface area (Å²) in [6.07, 6.45) is 0. The molecule has 0 spiro atoms. The molecule has 88 valence electrons. The highest BCUT2D eigenvalue weighted by Crippen LogP contribution is 2.28. The summed E-state index contributed by atoms with van der Waals surface area (Å²) < 4.78 is 5.10. The molecule has 0 aliphatic rings. The van der Waals surface area contributed by atoms with Crippen molar-refractivity contribution in [3.8, 4) is 16.9 Å². The molecule has 6 heteroatoms. The van der Waals surface area contributed by atoms with Crippen LogP contribution >= 0.6 is 0 Å². The molecule has 0 unspecified atom stereocenters. The number of ether oxygens (including phenoxy) is 1. The minimum atomic E-state index is -1.20. The summed E-state index contributed by atoms with van der Waals surface area (Å²) >= 11 is 0. The number of para-hydroxylation sites is 1. The number of rotatable bonds is 3. The lowest BCUT2D eigenvalue weighted by Crippen LogP contribution is -2.06. The van der Waals surface area contributed by atoms with Crippen LogP contribution in [0.2, 0.25) is 0 Å². The van der Waals surface area contributed by atoms with Crippen molar-refractivity contribution in [3.63, 3.8) is 0 Å². The number of H-pyrrole nitrogens is 2. The number of carboxylic acid groups (broad SMARTS) is 1. The zero-order valence-electron chi connectivity index (χ0n) is 8.98. The minimum absolute atomic E-state index is 0.0648. The molecule has 0 radical (unpaired) electrons. The Hall–Kier alpha value is -2.50. The van der Waals surface area contributed by atoms with Crippen molar-refractivity contribution < 1.29 is 14.6 Å². The van der Waals surface area contributed by atoms with Gasteiger partial charge in [0.15, 0.2) is 5.69 Å². The summed E-state index contributed by atoms with van der Waals surface area (Å²) in [6, 6.07) is 6.73. The zero-order valence-corrected chi connectivity index (χ0v) is 8.98. The van der Waals surface area contributed by atoms with Crippen LogP contribution in [0.15, 0.2) is 29.1 Å². The standard InChI is InChI=1S/C11H10N2O4/c1-17-7-5-3-2-4-6(7)8-9(11(15)16)12-13-10(8)14/h2-5H,1H3,(H,15,16)(H2,12,13,14). The second-order valence-electron chi connectivity index (χ2n) is 3.33. The van der Waals surface area contributed by atoms with Crippen LogP contribution in [0.5, 0.6) is 5.75 Å². The molecule has 0 aliphatic heterocycles. The highest BCUT2D eigenvalue weighted by Gasteiger charge is 2.20. The number of methoxy groups -OCH3 is 1. The molecule has 0 fully saturated rings. The molecule has 2 rings (SSSR count). The number of nitrogens with one attached hydrogen (secondary N) is 2. The van der Waals surface area contributed by atoms with Crippen molar-refractivity contribution in [3.05, 3.63) is 40.3 Å². The van der Waals surface area contributed by atoms with Crippen molar-refractivity contribution in [2.45, 2.75) is 0 Å². The lowest BCUT2D eigenvalue weighted by atomic mass is 10.1. The molecule has 0 saturated heterocycles. The summed E-state index contributed by atoms with van der Waals surface area (Å²) in [5.74, 6) is -0.760. The third kappa shape index (κ3) is 1.80. The number of carboxylic acids is 1. The molecule has 1 heterocycles. The first kappa shape index (κ1) is 11.0. The van der Waals surface area contributed by atoms with Crippen LogP contribution in [0, 0.1) is 0 Å². The number of aromatic nitrogens is 2. The predicted octanol–water partition coefficient (Wildman–Crippen LogP) is 1.08. The Morgan fingerprint density at radius 2 is 2.00 bits per heavy atom. The maximum atomic E-state index is 11.6. The van der Waals surface area contributed by atoms with E-state index in [4.69, 9.17) is 9.84 Å². The van der Waals surface area contributed by atoms with Crippen molar-refractivity contribution in [1.29, 1.82) is 0 Å². The van der Waals surface area contributed by atoms with Crippen LogP contribution in [0.4, 0.5) is 0 Å². The van der Waals surface area contributed by atoms with Crippen LogP contribution in [-0.2, 0) is 0 Å². The van der Waals surface area contributed by atoms with E-state index in [1.54, 1.807) is 24.3 Å². The Bertz CT molecular complexity index is 612. The first-order valence-electron chi connectivity index (χ1n) is 4.82. The molecule has 6 nitrogen and oxygen atoms in total. The number of hydrogen-bond donors (Lipinski definition) is 3. The van der Waals surface area contributed by atoms with E-state index in [1.165, 1.54) is 7.11 Å². The summed E-state index contributed by atoms with van der Waals surface area (Å²) in [5.41, 5.74) is -0.170. The molecular weight excluding hydrogens is 224 g/mol. The van der Waals surface area contributed by atoms with Gasteiger partial charge < -0.3 is 9.84 Å². The average Bonchev–Trinajstić information content (AvgIpc) is 2.71. The Morgan fingerprint density at radius 1 is 1.29 bits per heavy atom. The maximum absolute atomic E-state index is 11.6. The predicted molar refractivity (Wildman–Crippen MR) is 60.4 cm³/mol. The van der Waals surface area contributed by atoms with Gasteiger partial charge in [-0.3, -0.25) is 15.0 Å². The number of hydrogen-bond acceptors (Lipinski definition) is 3. The SMILES string of the molecule is COc1ccccc1-c1c(C(=O)O)[nH][nH]c1=O. The summed E-state index contributed by atoms with van der Waals surface area (Å²) in [5, 5.41) is 13.6. The van der Waals surface area contributed by atoms with Gasteiger partial charge in [-0.1, -0.05) is 18.2 Å². The van der Waals surface area contributed by atoms with Gasteiger partial charge in [-0.25, -0.2) is 4.79 Å². The quantitative estimate of drug-likeness (QED) is 0.740. The first-order chi connectivity index (χ1) is 8.15. The molecule has 0 aliphatic carbocycles. The fraction of sp³-hybridized carbons (Fsp3) is 0.0909. The van der Waals surface area contributed by atoms with Gasteiger partial charge in [-0.05, 0) is 6.07 Å². The summed E-state index contributed by atoms with van der Waals surface area (Å²) in [7, 11) is 1.46. The minimum Gasteiger partial charge on any atom is -0.496 e. The van der Waals surface area contributed by atoms with E-state index in [1.807, 2.05) is 0 Å². The Kier molecular flexibility index (Phi) is 2.70. The molecule has 0 bridgehead atoms. The number of carbonyl (C=O) groups is 1. The average molecular weight is 234 g/mol. The monoisotopic (exact) mass is 234 g/mol. The normalized spacial score (nSPS) is 10.2. The maximum Gasteiger partial charge on any atom is 0.354 e. The van der Waals surface area contributed by atoms with E-state index in [0.29, 0.717) is 11.3 Å². The van der Waals surface area contributed by atoms with E-state index >= 15 is 0 Å². The second kappa shape index (κ2) is 4.17. The number of aromatic carboxylic acids is 1. The van der Waals surface area contributed by atoms with E-state index in [-0.39, 0.29) is 11.3 Å². The number of aromatic amines is 2. The zero-order chi connectivity index (χ0) is 12.4. The fourth-order valence-corrected chi connectivity index (χ4v) is 1.63. The van der Waals surface area contributed by atoms with Crippen LogP contribution in [0.25, 0.3) is 11.1 Å². The second-order valence-corrected chi connectivity index (χ2v) is 3.33. The highest BCUT2D eigenvalue weighted by atomic mass is 16.5. The lowest BCUT2D eigenvalue weighted by Gasteiger charge is -2.06. The Morgan fingerprint density at radius 3 is 2.65 bits per heavy atom. The molecule has 0 saturated carbocycles. The largest absolute Gasteiger partial charge is 0.496 e. The van der Waals surface area contributed by atoms with Gasteiger partial charge in [0.1, 0.15) is 5.75 Å². The van der Waals surface area contributed by atoms with Crippen LogP contribution in [-0.4, -0.2) is 28.4 Å². The van der Waals surface area contributed by atoms with E-state index in [9.17, 15) is 9.59 Å². The molecule has 3 N–H and O–H groups in total.